The number of ether oxygens (including phenoxy) is 3. The summed E-state index contributed by atoms with van der Waals surface area (Å²) in [6, 6.07) is 16.2. The summed E-state index contributed by atoms with van der Waals surface area (Å²) in [5.41, 5.74) is 4.70. The third-order valence-corrected chi connectivity index (χ3v) is 4.01. The highest BCUT2D eigenvalue weighted by molar-refractivity contribution is 5.70. The Kier molecular flexibility index (Phi) is 5.37. The van der Waals surface area contributed by atoms with Gasteiger partial charge in [-0.2, -0.15) is 9.97 Å². The van der Waals surface area contributed by atoms with E-state index in [1.807, 2.05) is 43.3 Å². The second kappa shape index (κ2) is 7.87. The second-order valence-corrected chi connectivity index (χ2v) is 5.79. The van der Waals surface area contributed by atoms with Crippen molar-refractivity contribution in [1.29, 1.82) is 0 Å². The molecule has 0 radical (unpaired) electrons. The van der Waals surface area contributed by atoms with Crippen molar-refractivity contribution in [3.8, 4) is 40.0 Å². The molecule has 0 N–H and O–H groups in total. The van der Waals surface area contributed by atoms with Crippen molar-refractivity contribution in [2.75, 3.05) is 20.8 Å². The molecule has 0 fully saturated rings. The van der Waals surface area contributed by atoms with E-state index in [-0.39, 0.29) is 0 Å². The number of aromatic nitrogens is 2. The third-order valence-electron chi connectivity index (χ3n) is 4.01. The Hall–Kier alpha value is -3.08. The fourth-order valence-corrected chi connectivity index (χ4v) is 2.63. The lowest BCUT2D eigenvalue weighted by molar-refractivity contribution is 0.313. The maximum atomic E-state index is 5.58. The van der Waals surface area contributed by atoms with Crippen molar-refractivity contribution in [1.82, 2.24) is 9.97 Å². The van der Waals surface area contributed by atoms with E-state index in [0.29, 0.717) is 24.1 Å². The largest absolute Gasteiger partial charge is 0.493 e. The first-order valence-corrected chi connectivity index (χ1v) is 8.46. The maximum Gasteiger partial charge on any atom is 0.317 e. The zero-order valence-corrected chi connectivity index (χ0v) is 15.4. The van der Waals surface area contributed by atoms with Gasteiger partial charge in [-0.25, -0.2) is 0 Å². The Bertz CT molecular complexity index is 892. The van der Waals surface area contributed by atoms with Gasteiger partial charge >= 0.3 is 6.01 Å². The van der Waals surface area contributed by atoms with Crippen molar-refractivity contribution >= 4 is 0 Å². The van der Waals surface area contributed by atoms with Gasteiger partial charge in [0.25, 0.3) is 0 Å². The molecule has 0 unspecified atom stereocenters. The van der Waals surface area contributed by atoms with E-state index in [9.17, 15) is 0 Å². The van der Waals surface area contributed by atoms with Crippen LogP contribution in [0.5, 0.6) is 17.5 Å². The smallest absolute Gasteiger partial charge is 0.317 e. The van der Waals surface area contributed by atoms with Gasteiger partial charge in [0.05, 0.1) is 32.2 Å². The molecule has 0 atom stereocenters. The number of benzene rings is 2. The van der Waals surface area contributed by atoms with Gasteiger partial charge in [0.2, 0.25) is 0 Å². The lowest BCUT2D eigenvalue weighted by atomic mass is 10.1. The van der Waals surface area contributed by atoms with Crippen LogP contribution in [0.15, 0.2) is 48.5 Å². The van der Waals surface area contributed by atoms with Crippen LogP contribution >= 0.6 is 0 Å². The van der Waals surface area contributed by atoms with Crippen molar-refractivity contribution < 1.29 is 14.2 Å². The lowest BCUT2D eigenvalue weighted by Gasteiger charge is -2.11. The van der Waals surface area contributed by atoms with Gasteiger partial charge in [-0.05, 0) is 38.1 Å². The van der Waals surface area contributed by atoms with Crippen LogP contribution in [0, 0.1) is 6.92 Å². The van der Waals surface area contributed by atoms with E-state index in [1.165, 1.54) is 5.56 Å². The van der Waals surface area contributed by atoms with Crippen LogP contribution in [-0.2, 0) is 0 Å². The fourth-order valence-electron chi connectivity index (χ4n) is 2.63. The minimum atomic E-state index is 0.357. The quantitative estimate of drug-likeness (QED) is 0.653. The minimum absolute atomic E-state index is 0.357. The summed E-state index contributed by atoms with van der Waals surface area (Å²) in [5, 5.41) is 0. The highest BCUT2D eigenvalue weighted by Gasteiger charge is 2.12. The van der Waals surface area contributed by atoms with Crippen molar-refractivity contribution in [3.63, 3.8) is 0 Å². The van der Waals surface area contributed by atoms with Gasteiger partial charge in [-0.1, -0.05) is 29.8 Å². The summed E-state index contributed by atoms with van der Waals surface area (Å²) >= 11 is 0. The van der Waals surface area contributed by atoms with E-state index < -0.39 is 0 Å². The van der Waals surface area contributed by atoms with Gasteiger partial charge in [-0.3, -0.25) is 0 Å². The number of hydrogen-bond donors (Lipinski definition) is 0. The van der Waals surface area contributed by atoms with Crippen molar-refractivity contribution in [2.24, 2.45) is 0 Å². The van der Waals surface area contributed by atoms with Crippen LogP contribution in [0.1, 0.15) is 12.5 Å². The van der Waals surface area contributed by atoms with Crippen LogP contribution < -0.4 is 14.2 Å². The average Bonchev–Trinajstić information content (AvgIpc) is 2.68. The van der Waals surface area contributed by atoms with E-state index >= 15 is 0 Å². The van der Waals surface area contributed by atoms with Crippen molar-refractivity contribution in [3.05, 3.63) is 54.1 Å². The average molecular weight is 350 g/mol. The molecule has 0 amide bonds. The zero-order chi connectivity index (χ0) is 18.5. The molecule has 1 heterocycles. The number of hydrogen-bond acceptors (Lipinski definition) is 5. The Morgan fingerprint density at radius 3 is 2.00 bits per heavy atom. The highest BCUT2D eigenvalue weighted by atomic mass is 16.5. The third kappa shape index (κ3) is 3.77. The summed E-state index contributed by atoms with van der Waals surface area (Å²) in [6.45, 7) is 4.48. The molecule has 26 heavy (non-hydrogen) atoms. The molecule has 0 saturated heterocycles. The van der Waals surface area contributed by atoms with Crippen LogP contribution in [0.3, 0.4) is 0 Å². The molecular formula is C21H22N2O3. The molecule has 5 nitrogen and oxygen atoms in total. The Morgan fingerprint density at radius 2 is 1.38 bits per heavy atom. The molecule has 3 rings (SSSR count). The van der Waals surface area contributed by atoms with Gasteiger partial charge < -0.3 is 14.2 Å². The summed E-state index contributed by atoms with van der Waals surface area (Å²) in [6.07, 6.45) is 0. The molecule has 0 aliphatic rings. The topological polar surface area (TPSA) is 53.5 Å². The van der Waals surface area contributed by atoms with Crippen molar-refractivity contribution in [2.45, 2.75) is 13.8 Å². The molecule has 0 saturated carbocycles. The lowest BCUT2D eigenvalue weighted by Crippen LogP contribution is -2.00. The van der Waals surface area contributed by atoms with E-state index in [1.54, 1.807) is 14.2 Å². The molecule has 1 aromatic heterocycles. The summed E-state index contributed by atoms with van der Waals surface area (Å²) < 4.78 is 16.3. The normalized spacial score (nSPS) is 10.5. The monoisotopic (exact) mass is 350 g/mol. The van der Waals surface area contributed by atoms with Gasteiger partial charge in [0, 0.05) is 11.1 Å². The van der Waals surface area contributed by atoms with Crippen LogP contribution in [-0.4, -0.2) is 30.8 Å². The Morgan fingerprint density at radius 1 is 0.769 bits per heavy atom. The second-order valence-electron chi connectivity index (χ2n) is 5.79. The molecule has 3 aromatic rings. The molecule has 2 aromatic carbocycles. The summed E-state index contributed by atoms with van der Waals surface area (Å²) in [4.78, 5) is 9.07. The molecule has 0 bridgehead atoms. The van der Waals surface area contributed by atoms with Gasteiger partial charge in [-0.15, -0.1) is 0 Å². The maximum absolute atomic E-state index is 5.58. The SMILES string of the molecule is CCOc1nc(-c2ccc(C)cc2)cc(-c2ccc(OC)c(OC)c2)n1. The zero-order valence-electron chi connectivity index (χ0n) is 15.4. The summed E-state index contributed by atoms with van der Waals surface area (Å²) in [5.74, 6) is 1.33. The molecule has 5 heteroatoms. The highest BCUT2D eigenvalue weighted by Crippen LogP contribution is 2.33. The predicted octanol–water partition coefficient (Wildman–Crippen LogP) is 4.53. The Balaban J connectivity index is 2.10. The number of nitrogens with zero attached hydrogens (tertiary/aromatic N) is 2. The van der Waals surface area contributed by atoms with Crippen LogP contribution in [0.2, 0.25) is 0 Å². The predicted molar refractivity (Wildman–Crippen MR) is 102 cm³/mol. The van der Waals surface area contributed by atoms with Gasteiger partial charge in [0.15, 0.2) is 11.5 Å². The van der Waals surface area contributed by atoms with E-state index in [0.717, 1.165) is 22.5 Å². The molecule has 0 spiro atoms. The number of aryl methyl sites for hydroxylation is 1. The number of rotatable bonds is 6. The molecule has 0 aliphatic heterocycles. The Labute approximate surface area is 153 Å². The van der Waals surface area contributed by atoms with Crippen LogP contribution in [0.25, 0.3) is 22.5 Å². The molecular weight excluding hydrogens is 328 g/mol. The van der Waals surface area contributed by atoms with Gasteiger partial charge in [0.1, 0.15) is 0 Å². The first-order chi connectivity index (χ1) is 12.6. The molecule has 0 aliphatic carbocycles. The number of methoxy groups -OCH3 is 2. The van der Waals surface area contributed by atoms with E-state index in [4.69, 9.17) is 14.2 Å². The van der Waals surface area contributed by atoms with Crippen LogP contribution in [0.4, 0.5) is 0 Å². The minimum Gasteiger partial charge on any atom is -0.493 e. The standard InChI is InChI=1S/C21H22N2O3/c1-5-26-21-22-17(15-8-6-14(2)7-9-15)13-18(23-21)16-10-11-19(24-3)20(12-16)25-4/h6-13H,5H2,1-4H3. The first kappa shape index (κ1) is 17.7. The van der Waals surface area contributed by atoms with E-state index in [2.05, 4.69) is 29.0 Å². The fraction of sp³-hybridized carbons (Fsp3) is 0.238. The first-order valence-electron chi connectivity index (χ1n) is 8.46. The molecule has 134 valence electrons. The summed E-state index contributed by atoms with van der Waals surface area (Å²) in [7, 11) is 3.23.